The minimum absolute atomic E-state index is 0.217. The largest absolute Gasteiger partial charge is 0.405 e. The fourth-order valence-electron chi connectivity index (χ4n) is 2.53. The van der Waals surface area contributed by atoms with Crippen LogP contribution in [0, 0.1) is 0 Å². The van der Waals surface area contributed by atoms with E-state index in [2.05, 4.69) is 10.2 Å². The van der Waals surface area contributed by atoms with Crippen molar-refractivity contribution in [2.24, 2.45) is 0 Å². The van der Waals surface area contributed by atoms with Crippen LogP contribution in [0.3, 0.4) is 0 Å². The second-order valence-electron chi connectivity index (χ2n) is 6.04. The summed E-state index contributed by atoms with van der Waals surface area (Å²) in [6, 6.07) is 16.7. The Morgan fingerprint density at radius 3 is 2.45 bits per heavy atom. The van der Waals surface area contributed by atoms with Crippen LogP contribution < -0.4 is 5.32 Å². The molecule has 29 heavy (non-hydrogen) atoms. The SMILES string of the molecule is O=C(CSc1nnc(-c2ccccc2Cl)n1Cc1ccccc1)NCC(F)(F)F. The molecule has 5 nitrogen and oxygen atoms in total. The molecular weight excluding hydrogens is 425 g/mol. The molecule has 1 N–H and O–H groups in total. The maximum absolute atomic E-state index is 12.3. The fraction of sp³-hybridized carbons (Fsp3) is 0.211. The van der Waals surface area contributed by atoms with Crippen molar-refractivity contribution < 1.29 is 18.0 Å². The number of benzene rings is 2. The highest BCUT2D eigenvalue weighted by atomic mass is 35.5. The first-order valence-corrected chi connectivity index (χ1v) is 9.88. The number of alkyl halides is 3. The molecule has 1 heterocycles. The molecule has 10 heteroatoms. The molecule has 0 spiro atoms. The van der Waals surface area contributed by atoms with Crippen molar-refractivity contribution in [2.45, 2.75) is 17.9 Å². The lowest BCUT2D eigenvalue weighted by atomic mass is 10.2. The van der Waals surface area contributed by atoms with Crippen molar-refractivity contribution in [1.29, 1.82) is 0 Å². The van der Waals surface area contributed by atoms with Crippen LogP contribution in [0.25, 0.3) is 11.4 Å². The Balaban J connectivity index is 1.83. The lowest BCUT2D eigenvalue weighted by Crippen LogP contribution is -2.34. The number of thioether (sulfide) groups is 1. The van der Waals surface area contributed by atoms with Gasteiger partial charge in [0.25, 0.3) is 0 Å². The third kappa shape index (κ3) is 5.98. The number of carbonyl (C=O) groups excluding carboxylic acids is 1. The Kier molecular flexibility index (Phi) is 6.81. The molecule has 0 radical (unpaired) electrons. The van der Waals surface area contributed by atoms with E-state index in [1.807, 2.05) is 41.7 Å². The molecule has 1 amide bonds. The summed E-state index contributed by atoms with van der Waals surface area (Å²) in [5.74, 6) is -0.440. The Morgan fingerprint density at radius 2 is 1.76 bits per heavy atom. The second kappa shape index (κ2) is 9.32. The van der Waals surface area contributed by atoms with E-state index in [1.165, 1.54) is 0 Å². The van der Waals surface area contributed by atoms with Crippen molar-refractivity contribution in [3.05, 3.63) is 65.2 Å². The van der Waals surface area contributed by atoms with Crippen molar-refractivity contribution in [2.75, 3.05) is 12.3 Å². The predicted molar refractivity (Wildman–Crippen MR) is 106 cm³/mol. The average molecular weight is 441 g/mol. The number of nitrogens with zero attached hydrogens (tertiary/aromatic N) is 3. The van der Waals surface area contributed by atoms with Crippen LogP contribution in [0.1, 0.15) is 5.56 Å². The van der Waals surface area contributed by atoms with Crippen LogP contribution in [-0.4, -0.2) is 39.1 Å². The first-order chi connectivity index (χ1) is 13.8. The van der Waals surface area contributed by atoms with Crippen molar-refractivity contribution >= 4 is 29.3 Å². The van der Waals surface area contributed by atoms with E-state index in [0.29, 0.717) is 28.1 Å². The molecule has 0 aliphatic carbocycles. The van der Waals surface area contributed by atoms with Gasteiger partial charge in [-0.15, -0.1) is 10.2 Å². The number of halogens is 4. The van der Waals surface area contributed by atoms with Crippen LogP contribution in [-0.2, 0) is 11.3 Å². The van der Waals surface area contributed by atoms with Gasteiger partial charge in [0.05, 0.1) is 17.3 Å². The summed E-state index contributed by atoms with van der Waals surface area (Å²) >= 11 is 7.31. The summed E-state index contributed by atoms with van der Waals surface area (Å²) in [6.07, 6.45) is -4.45. The third-order valence-corrected chi connectivity index (χ3v) is 5.13. The second-order valence-corrected chi connectivity index (χ2v) is 7.39. The van der Waals surface area contributed by atoms with Crippen molar-refractivity contribution in [3.8, 4) is 11.4 Å². The highest BCUT2D eigenvalue weighted by Gasteiger charge is 2.27. The summed E-state index contributed by atoms with van der Waals surface area (Å²) < 4.78 is 38.6. The molecule has 0 aliphatic heterocycles. The van der Waals surface area contributed by atoms with E-state index in [9.17, 15) is 18.0 Å². The van der Waals surface area contributed by atoms with E-state index < -0.39 is 18.6 Å². The van der Waals surface area contributed by atoms with Gasteiger partial charge in [0.1, 0.15) is 6.54 Å². The van der Waals surface area contributed by atoms with E-state index in [4.69, 9.17) is 11.6 Å². The maximum Gasteiger partial charge on any atom is 0.405 e. The van der Waals surface area contributed by atoms with Gasteiger partial charge in [-0.2, -0.15) is 13.2 Å². The van der Waals surface area contributed by atoms with Crippen molar-refractivity contribution in [1.82, 2.24) is 20.1 Å². The third-order valence-electron chi connectivity index (χ3n) is 3.83. The molecule has 2 aromatic carbocycles. The van der Waals surface area contributed by atoms with Gasteiger partial charge in [-0.25, -0.2) is 0 Å². The highest BCUT2D eigenvalue weighted by molar-refractivity contribution is 7.99. The van der Waals surface area contributed by atoms with Gasteiger partial charge in [-0.1, -0.05) is 65.8 Å². The number of rotatable bonds is 7. The summed E-state index contributed by atoms with van der Waals surface area (Å²) in [7, 11) is 0. The number of aromatic nitrogens is 3. The number of carbonyl (C=O) groups is 1. The Bertz CT molecular complexity index is 979. The molecule has 0 saturated heterocycles. The lowest BCUT2D eigenvalue weighted by Gasteiger charge is -2.12. The zero-order chi connectivity index (χ0) is 20.9. The van der Waals surface area contributed by atoms with Crippen LogP contribution in [0.4, 0.5) is 13.2 Å². The van der Waals surface area contributed by atoms with Gasteiger partial charge < -0.3 is 5.32 Å². The Hall–Kier alpha value is -2.52. The number of amides is 1. The predicted octanol–water partition coefficient (Wildman–Crippen LogP) is 4.42. The fourth-order valence-corrected chi connectivity index (χ4v) is 3.51. The maximum atomic E-state index is 12.3. The molecule has 0 aliphatic rings. The molecule has 3 rings (SSSR count). The monoisotopic (exact) mass is 440 g/mol. The number of nitrogens with one attached hydrogen (secondary N) is 1. The molecule has 3 aromatic rings. The quantitative estimate of drug-likeness (QED) is 0.552. The average Bonchev–Trinajstić information content (AvgIpc) is 3.07. The Morgan fingerprint density at radius 1 is 1.07 bits per heavy atom. The molecule has 0 unspecified atom stereocenters. The summed E-state index contributed by atoms with van der Waals surface area (Å²) in [5, 5.41) is 11.1. The minimum Gasteiger partial charge on any atom is -0.346 e. The van der Waals surface area contributed by atoms with E-state index in [0.717, 1.165) is 17.3 Å². The minimum atomic E-state index is -4.45. The highest BCUT2D eigenvalue weighted by Crippen LogP contribution is 2.30. The number of hydrogen-bond acceptors (Lipinski definition) is 4. The molecule has 0 bridgehead atoms. The summed E-state index contributed by atoms with van der Waals surface area (Å²) in [5.41, 5.74) is 1.65. The smallest absolute Gasteiger partial charge is 0.346 e. The molecule has 1 aromatic heterocycles. The standard InChI is InChI=1S/C19H16ClF3N4OS/c20-15-9-5-4-8-14(15)17-25-26-18(27(17)10-13-6-2-1-3-7-13)29-11-16(28)24-12-19(21,22)23/h1-9H,10-12H2,(H,24,28). The van der Waals surface area contributed by atoms with Gasteiger partial charge in [0, 0.05) is 5.56 Å². The Labute approximate surface area is 174 Å². The van der Waals surface area contributed by atoms with E-state index in [-0.39, 0.29) is 5.75 Å². The molecule has 152 valence electrons. The molecule has 0 fully saturated rings. The van der Waals surface area contributed by atoms with Gasteiger partial charge in [0.2, 0.25) is 5.91 Å². The molecular formula is C19H16ClF3N4OS. The van der Waals surface area contributed by atoms with Crippen LogP contribution >= 0.6 is 23.4 Å². The number of hydrogen-bond donors (Lipinski definition) is 1. The zero-order valence-electron chi connectivity index (χ0n) is 15.0. The normalized spacial score (nSPS) is 11.4. The van der Waals surface area contributed by atoms with E-state index in [1.54, 1.807) is 22.8 Å². The van der Waals surface area contributed by atoms with Gasteiger partial charge >= 0.3 is 6.18 Å². The summed E-state index contributed by atoms with van der Waals surface area (Å²) in [4.78, 5) is 11.8. The van der Waals surface area contributed by atoms with Gasteiger partial charge in [-0.3, -0.25) is 9.36 Å². The van der Waals surface area contributed by atoms with Gasteiger partial charge in [0.15, 0.2) is 11.0 Å². The van der Waals surface area contributed by atoms with E-state index >= 15 is 0 Å². The van der Waals surface area contributed by atoms with Crippen LogP contribution in [0.5, 0.6) is 0 Å². The lowest BCUT2D eigenvalue weighted by molar-refractivity contribution is -0.136. The molecule has 0 saturated carbocycles. The first kappa shape index (κ1) is 21.2. The summed E-state index contributed by atoms with van der Waals surface area (Å²) in [6.45, 7) is -0.950. The first-order valence-electron chi connectivity index (χ1n) is 8.52. The topological polar surface area (TPSA) is 59.8 Å². The molecule has 0 atom stereocenters. The van der Waals surface area contributed by atoms with Crippen LogP contribution in [0.2, 0.25) is 5.02 Å². The van der Waals surface area contributed by atoms with Crippen LogP contribution in [0.15, 0.2) is 59.8 Å². The van der Waals surface area contributed by atoms with Crippen molar-refractivity contribution in [3.63, 3.8) is 0 Å². The zero-order valence-corrected chi connectivity index (χ0v) is 16.6. The van der Waals surface area contributed by atoms with Gasteiger partial charge in [-0.05, 0) is 17.7 Å².